The van der Waals surface area contributed by atoms with E-state index < -0.39 is 6.03 Å². The maximum Gasteiger partial charge on any atom is 0.367 e. The SMILES string of the molecule is CCCC(C)C(N)=O.O=C1N=CC=N1. The summed E-state index contributed by atoms with van der Waals surface area (Å²) in [6.45, 7) is 3.89. The number of rotatable bonds is 3. The fourth-order valence-corrected chi connectivity index (χ4v) is 0.803. The van der Waals surface area contributed by atoms with Crippen LogP contribution in [0.5, 0.6) is 0 Å². The van der Waals surface area contributed by atoms with Gasteiger partial charge in [-0.25, -0.2) is 4.79 Å². The van der Waals surface area contributed by atoms with Gasteiger partial charge in [0.15, 0.2) is 0 Å². The van der Waals surface area contributed by atoms with Crippen LogP contribution in [0.2, 0.25) is 0 Å². The first kappa shape index (κ1) is 12.5. The van der Waals surface area contributed by atoms with Gasteiger partial charge in [0.2, 0.25) is 5.91 Å². The summed E-state index contributed by atoms with van der Waals surface area (Å²) in [5.74, 6) is -0.133. The highest BCUT2D eigenvalue weighted by Crippen LogP contribution is 2.01. The van der Waals surface area contributed by atoms with Crippen molar-refractivity contribution in [1.82, 2.24) is 0 Å². The van der Waals surface area contributed by atoms with E-state index in [1.807, 2.05) is 13.8 Å². The molecule has 1 aliphatic heterocycles. The third-order valence-corrected chi connectivity index (χ3v) is 1.64. The molecular formula is C9H15N3O2. The number of nitrogens with zero attached hydrogens (tertiary/aromatic N) is 2. The number of urea groups is 1. The minimum atomic E-state index is -0.407. The molecule has 1 unspecified atom stereocenters. The van der Waals surface area contributed by atoms with Gasteiger partial charge in [-0.1, -0.05) is 20.3 Å². The average molecular weight is 197 g/mol. The van der Waals surface area contributed by atoms with Crippen molar-refractivity contribution in [3.05, 3.63) is 0 Å². The lowest BCUT2D eigenvalue weighted by atomic mass is 10.1. The molecule has 0 aromatic heterocycles. The molecule has 0 spiro atoms. The van der Waals surface area contributed by atoms with E-state index in [9.17, 15) is 9.59 Å². The highest BCUT2D eigenvalue weighted by atomic mass is 16.2. The summed E-state index contributed by atoms with van der Waals surface area (Å²) in [7, 11) is 0. The second-order valence-corrected chi connectivity index (χ2v) is 2.93. The normalized spacial score (nSPS) is 14.9. The van der Waals surface area contributed by atoms with E-state index in [0.29, 0.717) is 0 Å². The van der Waals surface area contributed by atoms with E-state index in [4.69, 9.17) is 5.73 Å². The molecule has 78 valence electrons. The molecule has 2 N–H and O–H groups in total. The van der Waals surface area contributed by atoms with Crippen molar-refractivity contribution in [2.45, 2.75) is 26.7 Å². The number of amides is 3. The molecule has 0 saturated heterocycles. The molecule has 3 amide bonds. The molecule has 0 aromatic carbocycles. The van der Waals surface area contributed by atoms with E-state index in [1.165, 1.54) is 12.4 Å². The fraction of sp³-hybridized carbons (Fsp3) is 0.556. The van der Waals surface area contributed by atoms with Crippen LogP contribution in [0.1, 0.15) is 26.7 Å². The quantitative estimate of drug-likeness (QED) is 0.736. The van der Waals surface area contributed by atoms with E-state index >= 15 is 0 Å². The maximum atomic E-state index is 10.3. The Kier molecular flexibility index (Phi) is 6.19. The lowest BCUT2D eigenvalue weighted by Crippen LogP contribution is -2.19. The van der Waals surface area contributed by atoms with Gasteiger partial charge >= 0.3 is 6.03 Å². The lowest BCUT2D eigenvalue weighted by Gasteiger charge is -2.01. The van der Waals surface area contributed by atoms with Crippen LogP contribution in [0.25, 0.3) is 0 Å². The van der Waals surface area contributed by atoms with Crippen molar-refractivity contribution in [1.29, 1.82) is 0 Å². The largest absolute Gasteiger partial charge is 0.369 e. The Morgan fingerprint density at radius 1 is 1.50 bits per heavy atom. The monoisotopic (exact) mass is 197 g/mol. The van der Waals surface area contributed by atoms with Gasteiger partial charge in [0.1, 0.15) is 0 Å². The number of carbonyl (C=O) groups excluding carboxylic acids is 2. The Morgan fingerprint density at radius 2 is 2.00 bits per heavy atom. The highest BCUT2D eigenvalue weighted by Gasteiger charge is 2.04. The molecule has 5 nitrogen and oxygen atoms in total. The van der Waals surface area contributed by atoms with E-state index in [0.717, 1.165) is 12.8 Å². The van der Waals surface area contributed by atoms with Crippen LogP contribution in [0, 0.1) is 5.92 Å². The van der Waals surface area contributed by atoms with Crippen LogP contribution < -0.4 is 5.73 Å². The predicted octanol–water partition coefficient (Wildman–Crippen LogP) is 1.17. The first-order chi connectivity index (χ1) is 6.57. The number of carbonyl (C=O) groups is 2. The number of aliphatic imine (C=N–C) groups is 2. The molecule has 0 aliphatic carbocycles. The molecule has 0 radical (unpaired) electrons. The van der Waals surface area contributed by atoms with Crippen molar-refractivity contribution in [3.8, 4) is 0 Å². The van der Waals surface area contributed by atoms with Crippen molar-refractivity contribution in [2.75, 3.05) is 0 Å². The van der Waals surface area contributed by atoms with Gasteiger partial charge in [0.05, 0.1) is 12.4 Å². The van der Waals surface area contributed by atoms with Crippen molar-refractivity contribution in [2.24, 2.45) is 21.6 Å². The van der Waals surface area contributed by atoms with Crippen LogP contribution in [0.15, 0.2) is 9.98 Å². The summed E-state index contributed by atoms with van der Waals surface area (Å²) >= 11 is 0. The van der Waals surface area contributed by atoms with Gasteiger partial charge in [-0.15, -0.1) is 0 Å². The van der Waals surface area contributed by atoms with Crippen LogP contribution >= 0.6 is 0 Å². The summed E-state index contributed by atoms with van der Waals surface area (Å²) in [6.07, 6.45) is 4.67. The van der Waals surface area contributed by atoms with Crippen LogP contribution in [-0.2, 0) is 4.79 Å². The Morgan fingerprint density at radius 3 is 2.14 bits per heavy atom. The van der Waals surface area contributed by atoms with Gasteiger partial charge in [-0.2, -0.15) is 9.98 Å². The topological polar surface area (TPSA) is 84.9 Å². The summed E-state index contributed by atoms with van der Waals surface area (Å²) in [5.41, 5.74) is 4.98. The lowest BCUT2D eigenvalue weighted by molar-refractivity contribution is -0.121. The molecule has 1 atom stereocenters. The van der Waals surface area contributed by atoms with Crippen LogP contribution in [-0.4, -0.2) is 24.4 Å². The van der Waals surface area contributed by atoms with Crippen molar-refractivity contribution >= 4 is 24.4 Å². The molecular weight excluding hydrogens is 182 g/mol. The summed E-state index contributed by atoms with van der Waals surface area (Å²) in [6, 6.07) is -0.407. The van der Waals surface area contributed by atoms with E-state index in [1.54, 1.807) is 0 Å². The first-order valence-electron chi connectivity index (χ1n) is 4.48. The predicted molar refractivity (Wildman–Crippen MR) is 55.6 cm³/mol. The molecule has 0 fully saturated rings. The second-order valence-electron chi connectivity index (χ2n) is 2.93. The van der Waals surface area contributed by atoms with Crippen LogP contribution in [0.4, 0.5) is 4.79 Å². The number of hydrogen-bond acceptors (Lipinski definition) is 2. The zero-order valence-corrected chi connectivity index (χ0v) is 8.43. The second kappa shape index (κ2) is 6.94. The van der Waals surface area contributed by atoms with Gasteiger partial charge in [-0.05, 0) is 6.42 Å². The van der Waals surface area contributed by atoms with Gasteiger partial charge in [-0.3, -0.25) is 4.79 Å². The number of primary amides is 1. The Balaban J connectivity index is 0.000000249. The molecule has 0 saturated carbocycles. The summed E-state index contributed by atoms with van der Waals surface area (Å²) < 4.78 is 0. The Bertz CT molecular complexity index is 245. The van der Waals surface area contributed by atoms with Crippen molar-refractivity contribution in [3.63, 3.8) is 0 Å². The average Bonchev–Trinajstić information content (AvgIpc) is 2.57. The third-order valence-electron chi connectivity index (χ3n) is 1.64. The molecule has 1 rings (SSSR count). The van der Waals surface area contributed by atoms with Gasteiger partial charge < -0.3 is 5.73 Å². The summed E-state index contributed by atoms with van der Waals surface area (Å²) in [4.78, 5) is 26.7. The van der Waals surface area contributed by atoms with Crippen molar-refractivity contribution < 1.29 is 9.59 Å². The smallest absolute Gasteiger partial charge is 0.367 e. The maximum absolute atomic E-state index is 10.3. The molecule has 14 heavy (non-hydrogen) atoms. The first-order valence-corrected chi connectivity index (χ1v) is 4.48. The van der Waals surface area contributed by atoms with E-state index in [2.05, 4.69) is 9.98 Å². The third kappa shape index (κ3) is 6.05. The van der Waals surface area contributed by atoms with Gasteiger partial charge in [0, 0.05) is 5.92 Å². The Labute approximate surface area is 83.1 Å². The number of nitrogens with two attached hydrogens (primary N) is 1. The van der Waals surface area contributed by atoms with Crippen LogP contribution in [0.3, 0.4) is 0 Å². The molecule has 1 aliphatic rings. The molecule has 1 heterocycles. The molecule has 0 bridgehead atoms. The highest BCUT2D eigenvalue weighted by molar-refractivity contribution is 6.25. The minimum absolute atomic E-state index is 0.0556. The number of hydrogen-bond donors (Lipinski definition) is 1. The molecule has 5 heteroatoms. The molecule has 0 aromatic rings. The summed E-state index contributed by atoms with van der Waals surface area (Å²) in [5, 5.41) is 0. The fourth-order valence-electron chi connectivity index (χ4n) is 0.803. The Hall–Kier alpha value is -1.52. The zero-order chi connectivity index (χ0) is 11.0. The van der Waals surface area contributed by atoms with E-state index in [-0.39, 0.29) is 11.8 Å². The standard InChI is InChI=1S/C6H13NO.C3H2N2O/c1-3-4-5(2)6(7)8;6-3-4-1-2-5-3/h5H,3-4H2,1-2H3,(H2,7,8);1-2H. The van der Waals surface area contributed by atoms with Gasteiger partial charge in [0.25, 0.3) is 0 Å². The zero-order valence-electron chi connectivity index (χ0n) is 8.43. The minimum Gasteiger partial charge on any atom is -0.369 e.